The van der Waals surface area contributed by atoms with Gasteiger partial charge in [-0.3, -0.25) is 0 Å². The monoisotopic (exact) mass is 302 g/mol. The normalized spacial score (nSPS) is 32.5. The fourth-order valence-electron chi connectivity index (χ4n) is 4.06. The minimum Gasteiger partial charge on any atom is -0.477 e. The second-order valence-electron chi connectivity index (χ2n) is 7.25. The smallest absolute Gasteiger partial charge is 0.213 e. The second kappa shape index (κ2) is 6.17. The van der Waals surface area contributed by atoms with Crippen LogP contribution in [0.2, 0.25) is 0 Å². The molecule has 0 spiro atoms. The first-order chi connectivity index (χ1) is 10.8. The van der Waals surface area contributed by atoms with Gasteiger partial charge in [-0.15, -0.1) is 0 Å². The molecule has 0 aromatic carbocycles. The molecule has 2 aliphatic heterocycles. The predicted octanol–water partition coefficient (Wildman–Crippen LogP) is 2.74. The molecule has 4 heteroatoms. The lowest BCUT2D eigenvalue weighted by Crippen LogP contribution is -2.57. The van der Waals surface area contributed by atoms with E-state index in [1.54, 1.807) is 6.20 Å². The molecule has 0 unspecified atom stereocenters. The molecule has 0 N–H and O–H groups in total. The number of ether oxygens (including phenoxy) is 2. The molecule has 4 rings (SSSR count). The van der Waals surface area contributed by atoms with Crippen LogP contribution >= 0.6 is 0 Å². The molecule has 2 atom stereocenters. The largest absolute Gasteiger partial charge is 0.477 e. The predicted molar refractivity (Wildman–Crippen MR) is 84.9 cm³/mol. The second-order valence-corrected chi connectivity index (χ2v) is 7.25. The maximum Gasteiger partial charge on any atom is 0.213 e. The Bertz CT molecular complexity index is 491. The first-order valence-electron chi connectivity index (χ1n) is 8.72. The lowest BCUT2D eigenvalue weighted by Gasteiger charge is -2.50. The lowest BCUT2D eigenvalue weighted by atomic mass is 9.73. The molecule has 0 radical (unpaired) electrons. The Labute approximate surface area is 132 Å². The van der Waals surface area contributed by atoms with Gasteiger partial charge in [0.05, 0.1) is 12.7 Å². The van der Waals surface area contributed by atoms with E-state index in [0.29, 0.717) is 6.10 Å². The van der Waals surface area contributed by atoms with E-state index >= 15 is 0 Å². The van der Waals surface area contributed by atoms with E-state index in [-0.39, 0.29) is 5.41 Å². The fraction of sp³-hybridized carbons (Fsp3) is 0.722. The standard InChI is InChI=1S/C18H26N2O2/c1-2-9-19-17(4-1)22-14-18-8-3-11-21-16(18)7-10-20(13-18)12-15-5-6-15/h1-2,4,9,15-16H,3,5-8,10-14H2/t16-,18-/m0/s1. The van der Waals surface area contributed by atoms with Gasteiger partial charge in [0.25, 0.3) is 0 Å². The zero-order valence-electron chi connectivity index (χ0n) is 13.2. The number of fused-ring (bicyclic) bond motifs is 1. The first-order valence-corrected chi connectivity index (χ1v) is 8.72. The molecule has 120 valence electrons. The van der Waals surface area contributed by atoms with Crippen LogP contribution in [0.25, 0.3) is 0 Å². The molecule has 1 saturated carbocycles. The molecule has 1 aromatic heterocycles. The fourth-order valence-corrected chi connectivity index (χ4v) is 4.06. The summed E-state index contributed by atoms with van der Waals surface area (Å²) in [6, 6.07) is 5.85. The van der Waals surface area contributed by atoms with Crippen LogP contribution in [0.3, 0.4) is 0 Å². The van der Waals surface area contributed by atoms with E-state index in [2.05, 4.69) is 9.88 Å². The van der Waals surface area contributed by atoms with Gasteiger partial charge in [-0.1, -0.05) is 6.07 Å². The molecule has 3 heterocycles. The maximum atomic E-state index is 6.12. The third-order valence-corrected chi connectivity index (χ3v) is 5.43. The Kier molecular flexibility index (Phi) is 4.05. The van der Waals surface area contributed by atoms with Crippen molar-refractivity contribution in [2.24, 2.45) is 11.3 Å². The molecule has 4 nitrogen and oxygen atoms in total. The quantitative estimate of drug-likeness (QED) is 0.837. The summed E-state index contributed by atoms with van der Waals surface area (Å²) in [4.78, 5) is 6.96. The number of piperidine rings is 1. The molecular formula is C18H26N2O2. The summed E-state index contributed by atoms with van der Waals surface area (Å²) in [5, 5.41) is 0. The third kappa shape index (κ3) is 3.13. The van der Waals surface area contributed by atoms with E-state index in [1.807, 2.05) is 18.2 Å². The van der Waals surface area contributed by atoms with E-state index in [1.165, 1.54) is 32.4 Å². The lowest BCUT2D eigenvalue weighted by molar-refractivity contribution is -0.140. The molecule has 1 aliphatic carbocycles. The SMILES string of the molecule is c1ccc(OC[C@@]23CCCO[C@H]2CCN(CC2CC2)C3)nc1. The third-order valence-electron chi connectivity index (χ3n) is 5.43. The van der Waals surface area contributed by atoms with E-state index in [0.717, 1.165) is 44.4 Å². The number of rotatable bonds is 5. The van der Waals surface area contributed by atoms with Crippen LogP contribution in [0.4, 0.5) is 0 Å². The van der Waals surface area contributed by atoms with E-state index in [9.17, 15) is 0 Å². The number of aromatic nitrogens is 1. The van der Waals surface area contributed by atoms with Crippen LogP contribution in [0, 0.1) is 11.3 Å². The van der Waals surface area contributed by atoms with Gasteiger partial charge in [0.1, 0.15) is 0 Å². The van der Waals surface area contributed by atoms with Crippen molar-refractivity contribution in [3.8, 4) is 5.88 Å². The summed E-state index contributed by atoms with van der Waals surface area (Å²) < 4.78 is 12.2. The average molecular weight is 302 g/mol. The van der Waals surface area contributed by atoms with Gasteiger partial charge in [-0.25, -0.2) is 4.98 Å². The van der Waals surface area contributed by atoms with Gasteiger partial charge in [0.2, 0.25) is 5.88 Å². The van der Waals surface area contributed by atoms with Gasteiger partial charge in [0.15, 0.2) is 0 Å². The highest BCUT2D eigenvalue weighted by atomic mass is 16.5. The van der Waals surface area contributed by atoms with Gasteiger partial charge >= 0.3 is 0 Å². The zero-order valence-corrected chi connectivity index (χ0v) is 13.2. The Morgan fingerprint density at radius 1 is 1.32 bits per heavy atom. The van der Waals surface area contributed by atoms with Crippen molar-refractivity contribution < 1.29 is 9.47 Å². The van der Waals surface area contributed by atoms with Crippen molar-refractivity contribution in [3.63, 3.8) is 0 Å². The summed E-state index contributed by atoms with van der Waals surface area (Å²) in [5.41, 5.74) is 0.156. The summed E-state index contributed by atoms with van der Waals surface area (Å²) in [6.45, 7) is 5.24. The number of pyridine rings is 1. The van der Waals surface area contributed by atoms with Crippen LogP contribution in [0.1, 0.15) is 32.1 Å². The summed E-state index contributed by atoms with van der Waals surface area (Å²) >= 11 is 0. The van der Waals surface area contributed by atoms with E-state index in [4.69, 9.17) is 9.47 Å². The topological polar surface area (TPSA) is 34.6 Å². The number of nitrogens with zero attached hydrogens (tertiary/aromatic N) is 2. The van der Waals surface area contributed by atoms with Crippen molar-refractivity contribution >= 4 is 0 Å². The van der Waals surface area contributed by atoms with Crippen LogP contribution in [-0.2, 0) is 4.74 Å². The molecule has 22 heavy (non-hydrogen) atoms. The molecule has 3 fully saturated rings. The van der Waals surface area contributed by atoms with Crippen molar-refractivity contribution in [1.29, 1.82) is 0 Å². The van der Waals surface area contributed by atoms with Crippen LogP contribution in [0.5, 0.6) is 5.88 Å². The molecular weight excluding hydrogens is 276 g/mol. The highest BCUT2D eigenvalue weighted by molar-refractivity contribution is 5.10. The van der Waals surface area contributed by atoms with Gasteiger partial charge in [-0.05, 0) is 44.1 Å². The van der Waals surface area contributed by atoms with Gasteiger partial charge < -0.3 is 14.4 Å². The molecule has 0 amide bonds. The highest BCUT2D eigenvalue weighted by Crippen LogP contribution is 2.41. The number of hydrogen-bond donors (Lipinski definition) is 0. The zero-order chi connectivity index (χ0) is 14.8. The Morgan fingerprint density at radius 2 is 2.27 bits per heavy atom. The molecule has 2 saturated heterocycles. The molecule has 1 aromatic rings. The summed E-state index contributed by atoms with van der Waals surface area (Å²) in [6.07, 6.45) is 8.52. The van der Waals surface area contributed by atoms with Gasteiger partial charge in [-0.2, -0.15) is 0 Å². The first kappa shape index (κ1) is 14.5. The van der Waals surface area contributed by atoms with E-state index < -0.39 is 0 Å². The van der Waals surface area contributed by atoms with Crippen molar-refractivity contribution in [2.45, 2.75) is 38.2 Å². The number of likely N-dealkylation sites (tertiary alicyclic amines) is 1. The Balaban J connectivity index is 1.45. The van der Waals surface area contributed by atoms with Crippen molar-refractivity contribution in [3.05, 3.63) is 24.4 Å². The highest BCUT2D eigenvalue weighted by Gasteiger charge is 2.47. The molecule has 3 aliphatic rings. The van der Waals surface area contributed by atoms with Crippen LogP contribution < -0.4 is 4.74 Å². The van der Waals surface area contributed by atoms with Crippen LogP contribution in [0.15, 0.2) is 24.4 Å². The van der Waals surface area contributed by atoms with Crippen molar-refractivity contribution in [1.82, 2.24) is 9.88 Å². The summed E-state index contributed by atoms with van der Waals surface area (Å²) in [7, 11) is 0. The van der Waals surface area contributed by atoms with Crippen molar-refractivity contribution in [2.75, 3.05) is 32.8 Å². The maximum absolute atomic E-state index is 6.12. The molecule has 0 bridgehead atoms. The van der Waals surface area contributed by atoms with Gasteiger partial charge in [0, 0.05) is 43.9 Å². The Morgan fingerprint density at radius 3 is 3.09 bits per heavy atom. The van der Waals surface area contributed by atoms with Crippen LogP contribution in [-0.4, -0.2) is 48.8 Å². The minimum atomic E-state index is 0.156. The minimum absolute atomic E-state index is 0.156. The average Bonchev–Trinajstić information content (AvgIpc) is 3.38. The number of hydrogen-bond acceptors (Lipinski definition) is 4. The summed E-state index contributed by atoms with van der Waals surface area (Å²) in [5.74, 6) is 1.69. The Hall–Kier alpha value is -1.13.